The molecule has 0 saturated carbocycles. The number of carbonyl (C=O) groups is 1. The van der Waals surface area contributed by atoms with Crippen LogP contribution in [0.4, 0.5) is 5.69 Å². The fraction of sp³-hybridized carbons (Fsp3) is 0.125. The van der Waals surface area contributed by atoms with Crippen molar-refractivity contribution in [3.05, 3.63) is 66.3 Å². The zero-order valence-electron chi connectivity index (χ0n) is 13.0. The van der Waals surface area contributed by atoms with Gasteiger partial charge in [-0.2, -0.15) is 0 Å². The standard InChI is InChI=1S/C16H12ClN3O3S2/c1-9-19-13(8-24-9)15-5-3-11(25-15)7-18-16(21)10-2-4-12(17)14(6-10)20(22)23/h2-6,8H,7H2,1H3,(H,18,21). The molecule has 9 heteroatoms. The fourth-order valence-corrected chi connectivity index (χ4v) is 3.93. The number of nitro benzene ring substituents is 1. The van der Waals surface area contributed by atoms with E-state index < -0.39 is 4.92 Å². The van der Waals surface area contributed by atoms with Crippen molar-refractivity contribution < 1.29 is 9.72 Å². The molecule has 0 radical (unpaired) electrons. The van der Waals surface area contributed by atoms with Gasteiger partial charge in [-0.25, -0.2) is 4.98 Å². The minimum Gasteiger partial charge on any atom is -0.347 e. The number of thiophene rings is 1. The van der Waals surface area contributed by atoms with Crippen LogP contribution in [0.1, 0.15) is 20.2 Å². The van der Waals surface area contributed by atoms with Crippen molar-refractivity contribution in [2.45, 2.75) is 13.5 Å². The topological polar surface area (TPSA) is 85.1 Å². The van der Waals surface area contributed by atoms with Crippen LogP contribution in [-0.4, -0.2) is 15.8 Å². The summed E-state index contributed by atoms with van der Waals surface area (Å²) in [5.74, 6) is -0.390. The van der Waals surface area contributed by atoms with Crippen molar-refractivity contribution in [2.75, 3.05) is 0 Å². The number of benzene rings is 1. The van der Waals surface area contributed by atoms with E-state index >= 15 is 0 Å². The fourth-order valence-electron chi connectivity index (χ4n) is 2.15. The van der Waals surface area contributed by atoms with Crippen LogP contribution in [0.2, 0.25) is 5.02 Å². The van der Waals surface area contributed by atoms with Gasteiger partial charge in [0.2, 0.25) is 0 Å². The van der Waals surface area contributed by atoms with E-state index in [0.29, 0.717) is 6.54 Å². The number of thiazole rings is 1. The zero-order valence-corrected chi connectivity index (χ0v) is 15.4. The van der Waals surface area contributed by atoms with Crippen LogP contribution in [0, 0.1) is 17.0 Å². The van der Waals surface area contributed by atoms with Crippen molar-refractivity contribution in [1.29, 1.82) is 0 Å². The molecule has 25 heavy (non-hydrogen) atoms. The lowest BCUT2D eigenvalue weighted by Crippen LogP contribution is -2.22. The summed E-state index contributed by atoms with van der Waals surface area (Å²) in [5.41, 5.74) is 0.841. The van der Waals surface area contributed by atoms with Gasteiger partial charge in [0.25, 0.3) is 11.6 Å². The van der Waals surface area contributed by atoms with Gasteiger partial charge in [-0.15, -0.1) is 22.7 Å². The summed E-state index contributed by atoms with van der Waals surface area (Å²) in [6.07, 6.45) is 0. The monoisotopic (exact) mass is 393 g/mol. The quantitative estimate of drug-likeness (QED) is 0.504. The molecule has 0 aliphatic heterocycles. The van der Waals surface area contributed by atoms with Gasteiger partial charge in [0, 0.05) is 21.9 Å². The molecule has 0 unspecified atom stereocenters. The predicted molar refractivity (Wildman–Crippen MR) is 99.4 cm³/mol. The number of aryl methyl sites for hydroxylation is 1. The van der Waals surface area contributed by atoms with Crippen LogP contribution in [0.5, 0.6) is 0 Å². The van der Waals surface area contributed by atoms with E-state index in [-0.39, 0.29) is 22.2 Å². The summed E-state index contributed by atoms with van der Waals surface area (Å²) in [4.78, 5) is 28.9. The molecule has 3 aromatic rings. The van der Waals surface area contributed by atoms with Crippen molar-refractivity contribution in [3.63, 3.8) is 0 Å². The van der Waals surface area contributed by atoms with Gasteiger partial charge in [0.05, 0.1) is 27.0 Å². The van der Waals surface area contributed by atoms with E-state index in [2.05, 4.69) is 10.3 Å². The highest BCUT2D eigenvalue weighted by Gasteiger charge is 2.16. The Morgan fingerprint density at radius 2 is 2.16 bits per heavy atom. The maximum Gasteiger partial charge on any atom is 0.288 e. The van der Waals surface area contributed by atoms with E-state index in [4.69, 9.17) is 11.6 Å². The molecule has 2 heterocycles. The third kappa shape index (κ3) is 4.04. The number of nitrogens with zero attached hydrogens (tertiary/aromatic N) is 2. The van der Waals surface area contributed by atoms with E-state index in [1.54, 1.807) is 22.7 Å². The Bertz CT molecular complexity index is 952. The minimum absolute atomic E-state index is 0.00278. The molecule has 6 nitrogen and oxygen atoms in total. The molecule has 0 atom stereocenters. The first-order chi connectivity index (χ1) is 11.9. The Labute approximate surface area is 156 Å². The van der Waals surface area contributed by atoms with Crippen LogP contribution in [-0.2, 0) is 6.54 Å². The lowest BCUT2D eigenvalue weighted by molar-refractivity contribution is -0.384. The number of nitro groups is 1. The van der Waals surface area contributed by atoms with E-state index in [1.165, 1.54) is 18.2 Å². The number of hydrogen-bond donors (Lipinski definition) is 1. The van der Waals surface area contributed by atoms with Crippen molar-refractivity contribution in [2.24, 2.45) is 0 Å². The van der Waals surface area contributed by atoms with E-state index in [0.717, 1.165) is 20.5 Å². The van der Waals surface area contributed by atoms with Gasteiger partial charge in [0.15, 0.2) is 0 Å². The van der Waals surface area contributed by atoms with Gasteiger partial charge in [-0.05, 0) is 31.2 Å². The minimum atomic E-state index is -0.611. The normalized spacial score (nSPS) is 10.6. The molecule has 0 fully saturated rings. The molecule has 0 spiro atoms. The van der Waals surface area contributed by atoms with E-state index in [9.17, 15) is 14.9 Å². The Kier molecular flexibility index (Phi) is 5.12. The van der Waals surface area contributed by atoms with Gasteiger partial charge in [-0.1, -0.05) is 11.6 Å². The number of nitrogens with one attached hydrogen (secondary N) is 1. The highest BCUT2D eigenvalue weighted by Crippen LogP contribution is 2.29. The molecule has 3 rings (SSSR count). The molecule has 0 aliphatic rings. The highest BCUT2D eigenvalue weighted by molar-refractivity contribution is 7.16. The first-order valence-corrected chi connectivity index (χ1v) is 9.25. The van der Waals surface area contributed by atoms with Crippen LogP contribution in [0.3, 0.4) is 0 Å². The molecule has 1 amide bonds. The van der Waals surface area contributed by atoms with Crippen LogP contribution in [0.25, 0.3) is 10.6 Å². The van der Waals surface area contributed by atoms with Gasteiger partial charge in [-0.3, -0.25) is 14.9 Å². The summed E-state index contributed by atoms with van der Waals surface area (Å²) >= 11 is 8.89. The molecule has 1 aromatic carbocycles. The number of aromatic nitrogens is 1. The SMILES string of the molecule is Cc1nc(-c2ccc(CNC(=O)c3ccc(Cl)c([N+](=O)[O-])c3)s2)cs1. The van der Waals surface area contributed by atoms with Crippen molar-refractivity contribution in [3.8, 4) is 10.6 Å². The Morgan fingerprint density at radius 3 is 2.84 bits per heavy atom. The smallest absolute Gasteiger partial charge is 0.288 e. The molecule has 0 bridgehead atoms. The Hall–Kier alpha value is -2.29. The number of amides is 1. The predicted octanol–water partition coefficient (Wildman–Crippen LogP) is 4.67. The second-order valence-corrected chi connectivity index (χ2v) is 7.76. The molecular weight excluding hydrogens is 382 g/mol. The summed E-state index contributed by atoms with van der Waals surface area (Å²) in [5, 5.41) is 16.7. The molecule has 1 N–H and O–H groups in total. The Balaban J connectivity index is 1.68. The second kappa shape index (κ2) is 7.30. The second-order valence-electron chi connectivity index (χ2n) is 5.12. The maximum atomic E-state index is 12.2. The number of carbonyl (C=O) groups excluding carboxylic acids is 1. The third-order valence-electron chi connectivity index (χ3n) is 3.36. The molecular formula is C16H12ClN3O3S2. The molecule has 2 aromatic heterocycles. The summed E-state index contributed by atoms with van der Waals surface area (Å²) in [6.45, 7) is 2.29. The summed E-state index contributed by atoms with van der Waals surface area (Å²) in [6, 6.07) is 7.88. The van der Waals surface area contributed by atoms with Crippen LogP contribution < -0.4 is 5.32 Å². The average Bonchev–Trinajstić information content (AvgIpc) is 3.21. The Morgan fingerprint density at radius 1 is 1.36 bits per heavy atom. The summed E-state index contributed by atoms with van der Waals surface area (Å²) in [7, 11) is 0. The van der Waals surface area contributed by atoms with Crippen LogP contribution in [0.15, 0.2) is 35.7 Å². The number of hydrogen-bond acceptors (Lipinski definition) is 6. The van der Waals surface area contributed by atoms with E-state index in [1.807, 2.05) is 24.4 Å². The first-order valence-electron chi connectivity index (χ1n) is 7.17. The van der Waals surface area contributed by atoms with Gasteiger partial charge in [0.1, 0.15) is 5.02 Å². The molecule has 128 valence electrons. The molecule has 0 saturated heterocycles. The van der Waals surface area contributed by atoms with Crippen LogP contribution >= 0.6 is 34.3 Å². The lowest BCUT2D eigenvalue weighted by Gasteiger charge is -2.04. The third-order valence-corrected chi connectivity index (χ3v) is 5.56. The number of rotatable bonds is 5. The highest BCUT2D eigenvalue weighted by atomic mass is 35.5. The van der Waals surface area contributed by atoms with Gasteiger partial charge >= 0.3 is 0 Å². The molecule has 0 aliphatic carbocycles. The zero-order chi connectivity index (χ0) is 18.0. The van der Waals surface area contributed by atoms with Crippen molar-refractivity contribution >= 4 is 45.9 Å². The van der Waals surface area contributed by atoms with Gasteiger partial charge < -0.3 is 5.32 Å². The summed E-state index contributed by atoms with van der Waals surface area (Å²) < 4.78 is 0. The number of halogens is 1. The average molecular weight is 394 g/mol. The maximum absolute atomic E-state index is 12.2. The van der Waals surface area contributed by atoms with Crippen molar-refractivity contribution in [1.82, 2.24) is 10.3 Å². The first kappa shape index (κ1) is 17.5. The lowest BCUT2D eigenvalue weighted by atomic mass is 10.2. The largest absolute Gasteiger partial charge is 0.347 e.